The summed E-state index contributed by atoms with van der Waals surface area (Å²) in [6.07, 6.45) is -4.78. The van der Waals surface area contributed by atoms with Crippen LogP contribution in [0.4, 0.5) is 18.9 Å². The average Bonchev–Trinajstić information content (AvgIpc) is 2.61. The molecule has 0 heterocycles. The van der Waals surface area contributed by atoms with Gasteiger partial charge in [-0.3, -0.25) is 9.89 Å². The lowest BCUT2D eigenvalue weighted by Crippen LogP contribution is -2.33. The van der Waals surface area contributed by atoms with Crippen LogP contribution in [0.25, 0.3) is 0 Å². The number of hydrogen-bond donors (Lipinski definition) is 2. The van der Waals surface area contributed by atoms with E-state index in [1.165, 1.54) is 23.8 Å². The molecule has 0 aliphatic heterocycles. The second kappa shape index (κ2) is 11.1. The highest BCUT2D eigenvalue weighted by Crippen LogP contribution is 2.29. The van der Waals surface area contributed by atoms with Crippen molar-refractivity contribution in [2.75, 3.05) is 18.9 Å². The van der Waals surface area contributed by atoms with Gasteiger partial charge in [0.1, 0.15) is 0 Å². The van der Waals surface area contributed by atoms with E-state index in [4.69, 9.17) is 5.73 Å². The van der Waals surface area contributed by atoms with Crippen molar-refractivity contribution in [1.82, 2.24) is 4.90 Å². The Balaban J connectivity index is 0.00000392. The first-order valence-electron chi connectivity index (χ1n) is 8.40. The van der Waals surface area contributed by atoms with Gasteiger partial charge in [-0.15, -0.1) is 37.1 Å². The predicted molar refractivity (Wildman–Crippen MR) is 116 cm³/mol. The quantitative estimate of drug-likeness (QED) is 0.330. The van der Waals surface area contributed by atoms with Crippen LogP contribution in [0.1, 0.15) is 12.5 Å². The van der Waals surface area contributed by atoms with Crippen LogP contribution in [-0.4, -0.2) is 36.9 Å². The minimum absolute atomic E-state index is 0. The Morgan fingerprint density at radius 3 is 2.39 bits per heavy atom. The Morgan fingerprint density at radius 1 is 1.14 bits per heavy atom. The van der Waals surface area contributed by atoms with Gasteiger partial charge in [0.15, 0.2) is 11.7 Å². The van der Waals surface area contributed by atoms with E-state index in [2.05, 4.69) is 19.9 Å². The molecule has 0 amide bonds. The lowest BCUT2D eigenvalue weighted by atomic mass is 10.2. The summed E-state index contributed by atoms with van der Waals surface area (Å²) in [4.78, 5) is 6.34. The minimum atomic E-state index is -4.78. The van der Waals surface area contributed by atoms with Crippen molar-refractivity contribution < 1.29 is 17.9 Å². The number of ether oxygens (including phenoxy) is 1. The maximum atomic E-state index is 12.5. The molecule has 2 aromatic carbocycles. The topological polar surface area (TPSA) is 62.9 Å². The van der Waals surface area contributed by atoms with E-state index >= 15 is 0 Å². The van der Waals surface area contributed by atoms with Gasteiger partial charge < -0.3 is 15.8 Å². The first-order chi connectivity index (χ1) is 12.7. The van der Waals surface area contributed by atoms with Gasteiger partial charge in [-0.05, 0) is 31.7 Å². The zero-order valence-corrected chi connectivity index (χ0v) is 17.9. The third kappa shape index (κ3) is 8.34. The third-order valence-electron chi connectivity index (χ3n) is 3.93. The van der Waals surface area contributed by atoms with Gasteiger partial charge in [0, 0.05) is 12.6 Å². The SMILES string of the molecule is CC(CN=C(N)Nc1ccccc1OC(F)(F)F)N(C)Cc1ccccc1.I. The molecule has 0 saturated carbocycles. The van der Waals surface area contributed by atoms with E-state index < -0.39 is 6.36 Å². The molecule has 9 heteroatoms. The summed E-state index contributed by atoms with van der Waals surface area (Å²) in [7, 11) is 1.98. The van der Waals surface area contributed by atoms with Crippen molar-refractivity contribution in [3.8, 4) is 5.75 Å². The van der Waals surface area contributed by atoms with Crippen LogP contribution in [0, 0.1) is 0 Å². The number of halogens is 4. The van der Waals surface area contributed by atoms with Gasteiger partial charge in [0.25, 0.3) is 0 Å². The number of anilines is 1. The average molecular weight is 508 g/mol. The number of aliphatic imine (C=N–C) groups is 1. The van der Waals surface area contributed by atoms with Gasteiger partial charge in [0.05, 0.1) is 12.2 Å². The zero-order valence-electron chi connectivity index (χ0n) is 15.6. The fourth-order valence-electron chi connectivity index (χ4n) is 2.36. The molecule has 0 aromatic heterocycles. The summed E-state index contributed by atoms with van der Waals surface area (Å²) in [6.45, 7) is 3.15. The molecule has 2 rings (SSSR count). The normalized spacial score (nSPS) is 13.0. The molecule has 3 N–H and O–H groups in total. The largest absolute Gasteiger partial charge is 0.573 e. The van der Waals surface area contributed by atoms with E-state index in [9.17, 15) is 13.2 Å². The molecule has 0 aliphatic carbocycles. The molecule has 1 unspecified atom stereocenters. The Hall–Kier alpha value is -2.01. The molecular weight excluding hydrogens is 484 g/mol. The molecule has 0 fully saturated rings. The number of para-hydroxylation sites is 2. The third-order valence-corrected chi connectivity index (χ3v) is 3.93. The number of hydrogen-bond acceptors (Lipinski definition) is 3. The Labute approximate surface area is 179 Å². The fourth-order valence-corrected chi connectivity index (χ4v) is 2.36. The molecule has 0 radical (unpaired) electrons. The van der Waals surface area contributed by atoms with Crippen molar-refractivity contribution in [2.24, 2.45) is 10.7 Å². The number of benzene rings is 2. The van der Waals surface area contributed by atoms with E-state index in [1.54, 1.807) is 6.07 Å². The van der Waals surface area contributed by atoms with Crippen LogP contribution in [0.2, 0.25) is 0 Å². The number of nitrogens with zero attached hydrogens (tertiary/aromatic N) is 2. The zero-order chi connectivity index (χ0) is 19.9. The molecule has 1 atom stereocenters. The van der Waals surface area contributed by atoms with Gasteiger partial charge in [-0.25, -0.2) is 0 Å². The fraction of sp³-hybridized carbons (Fsp3) is 0.316. The summed E-state index contributed by atoms with van der Waals surface area (Å²) in [5.41, 5.74) is 7.10. The number of guanidine groups is 1. The van der Waals surface area contributed by atoms with E-state index in [0.29, 0.717) is 6.54 Å². The van der Waals surface area contributed by atoms with E-state index in [1.807, 2.05) is 44.3 Å². The summed E-state index contributed by atoms with van der Waals surface area (Å²) < 4.78 is 41.4. The summed E-state index contributed by atoms with van der Waals surface area (Å²) >= 11 is 0. The molecule has 0 aliphatic rings. The van der Waals surface area contributed by atoms with Crippen molar-refractivity contribution in [1.29, 1.82) is 0 Å². The summed E-state index contributed by atoms with van der Waals surface area (Å²) in [5, 5.41) is 2.66. The molecule has 2 aromatic rings. The smallest absolute Gasteiger partial charge is 0.404 e. The maximum absolute atomic E-state index is 12.5. The Bertz CT molecular complexity index is 756. The highest BCUT2D eigenvalue weighted by Gasteiger charge is 2.32. The number of nitrogens with two attached hydrogens (primary N) is 1. The summed E-state index contributed by atoms with van der Waals surface area (Å²) in [6, 6.07) is 15.8. The Morgan fingerprint density at radius 2 is 1.75 bits per heavy atom. The Kier molecular flexibility index (Phi) is 9.53. The molecule has 5 nitrogen and oxygen atoms in total. The number of rotatable bonds is 7. The van der Waals surface area contributed by atoms with Crippen LogP contribution in [0.3, 0.4) is 0 Å². The van der Waals surface area contributed by atoms with Crippen LogP contribution in [-0.2, 0) is 6.54 Å². The second-order valence-corrected chi connectivity index (χ2v) is 6.14. The van der Waals surface area contributed by atoms with Gasteiger partial charge in [-0.2, -0.15) is 0 Å². The second-order valence-electron chi connectivity index (χ2n) is 6.14. The van der Waals surface area contributed by atoms with Crippen molar-refractivity contribution >= 4 is 35.6 Å². The highest BCUT2D eigenvalue weighted by atomic mass is 127. The summed E-state index contributed by atoms with van der Waals surface area (Å²) in [5.74, 6) is -0.342. The van der Waals surface area contributed by atoms with Gasteiger partial charge in [-0.1, -0.05) is 42.5 Å². The number of alkyl halides is 3. The first kappa shape index (κ1) is 24.0. The van der Waals surface area contributed by atoms with Gasteiger partial charge >= 0.3 is 6.36 Å². The first-order valence-corrected chi connectivity index (χ1v) is 8.40. The van der Waals surface area contributed by atoms with Crippen LogP contribution >= 0.6 is 24.0 Å². The number of nitrogens with one attached hydrogen (secondary N) is 1. The van der Waals surface area contributed by atoms with Crippen molar-refractivity contribution in [3.63, 3.8) is 0 Å². The molecule has 0 saturated heterocycles. The van der Waals surface area contributed by atoms with Crippen molar-refractivity contribution in [3.05, 3.63) is 60.2 Å². The van der Waals surface area contributed by atoms with Gasteiger partial charge in [0.2, 0.25) is 0 Å². The van der Waals surface area contributed by atoms with Crippen LogP contribution in [0.5, 0.6) is 5.75 Å². The van der Waals surface area contributed by atoms with Crippen molar-refractivity contribution in [2.45, 2.75) is 25.9 Å². The molecule has 0 spiro atoms. The lowest BCUT2D eigenvalue weighted by Gasteiger charge is -2.23. The number of likely N-dealkylation sites (N-methyl/N-ethyl adjacent to an activating group) is 1. The molecule has 154 valence electrons. The predicted octanol–water partition coefficient (Wildman–Crippen LogP) is 4.45. The monoisotopic (exact) mass is 508 g/mol. The van der Waals surface area contributed by atoms with E-state index in [-0.39, 0.29) is 47.4 Å². The maximum Gasteiger partial charge on any atom is 0.573 e. The van der Waals surface area contributed by atoms with Crippen LogP contribution < -0.4 is 15.8 Å². The molecule has 28 heavy (non-hydrogen) atoms. The standard InChI is InChI=1S/C19H23F3N4O.HI/c1-14(26(2)13-15-8-4-3-5-9-15)12-24-18(23)25-16-10-6-7-11-17(16)27-19(20,21)22;/h3-11,14H,12-13H2,1-2H3,(H3,23,24,25);1H. The lowest BCUT2D eigenvalue weighted by molar-refractivity contribution is -0.274. The van der Waals surface area contributed by atoms with E-state index in [0.717, 1.165) is 6.54 Å². The highest BCUT2D eigenvalue weighted by molar-refractivity contribution is 14.0. The molecule has 0 bridgehead atoms. The minimum Gasteiger partial charge on any atom is -0.404 e. The molecular formula is C19H24F3IN4O. The van der Waals surface area contributed by atoms with Crippen LogP contribution in [0.15, 0.2) is 59.6 Å².